The van der Waals surface area contributed by atoms with Gasteiger partial charge in [0.05, 0.1) is 21.4 Å². The molecule has 0 radical (unpaired) electrons. The highest BCUT2D eigenvalue weighted by Crippen LogP contribution is 2.33. The first kappa shape index (κ1) is 8.97. The normalized spacial score (nSPS) is 15.8. The summed E-state index contributed by atoms with van der Waals surface area (Å²) in [7, 11) is 0. The zero-order chi connectivity index (χ0) is 9.42. The minimum absolute atomic E-state index is 0.500. The maximum absolute atomic E-state index is 5.86. The van der Waals surface area contributed by atoms with Gasteiger partial charge in [-0.05, 0) is 25.0 Å². The third-order valence-corrected chi connectivity index (χ3v) is 2.75. The van der Waals surface area contributed by atoms with E-state index in [-0.39, 0.29) is 0 Å². The lowest BCUT2D eigenvalue weighted by molar-refractivity contribution is 1.16. The van der Waals surface area contributed by atoms with Gasteiger partial charge < -0.3 is 11.1 Å². The van der Waals surface area contributed by atoms with Gasteiger partial charge in [0.25, 0.3) is 0 Å². The quantitative estimate of drug-likeness (QED) is 0.746. The third kappa shape index (κ3) is 2.01. The van der Waals surface area contributed by atoms with Crippen molar-refractivity contribution in [1.29, 1.82) is 0 Å². The zero-order valence-corrected chi connectivity index (χ0v) is 8.49. The largest absolute Gasteiger partial charge is 0.397 e. The van der Waals surface area contributed by atoms with Crippen molar-refractivity contribution >= 4 is 34.6 Å². The van der Waals surface area contributed by atoms with Crippen LogP contribution in [0.3, 0.4) is 0 Å². The standard InChI is InChI=1S/C9H10Cl2N2/c10-6-3-8(12)9(4-7(6)11)13-5-1-2-5/h3-5,13H,1-2,12H2. The van der Waals surface area contributed by atoms with Crippen molar-refractivity contribution in [2.24, 2.45) is 0 Å². The fraction of sp³-hybridized carbons (Fsp3) is 0.333. The predicted molar refractivity (Wildman–Crippen MR) is 57.5 cm³/mol. The summed E-state index contributed by atoms with van der Waals surface area (Å²) in [6.45, 7) is 0. The molecule has 1 aliphatic carbocycles. The SMILES string of the molecule is Nc1cc(Cl)c(Cl)cc1NC1CC1. The lowest BCUT2D eigenvalue weighted by Gasteiger charge is -2.09. The molecule has 1 fully saturated rings. The molecule has 13 heavy (non-hydrogen) atoms. The van der Waals surface area contributed by atoms with Gasteiger partial charge in [-0.2, -0.15) is 0 Å². The fourth-order valence-corrected chi connectivity index (χ4v) is 1.47. The second-order valence-corrected chi connectivity index (χ2v) is 4.09. The van der Waals surface area contributed by atoms with E-state index < -0.39 is 0 Å². The minimum atomic E-state index is 0.500. The van der Waals surface area contributed by atoms with Crippen LogP contribution in [0.25, 0.3) is 0 Å². The van der Waals surface area contributed by atoms with E-state index in [9.17, 15) is 0 Å². The van der Waals surface area contributed by atoms with Gasteiger partial charge in [-0.1, -0.05) is 23.2 Å². The lowest BCUT2D eigenvalue weighted by Crippen LogP contribution is -2.03. The van der Waals surface area contributed by atoms with Crippen LogP contribution in [0.15, 0.2) is 12.1 Å². The predicted octanol–water partition coefficient (Wildman–Crippen LogP) is 3.15. The molecule has 0 amide bonds. The number of hydrogen-bond donors (Lipinski definition) is 2. The van der Waals surface area contributed by atoms with Crippen molar-refractivity contribution < 1.29 is 0 Å². The summed E-state index contributed by atoms with van der Waals surface area (Å²) in [5.74, 6) is 0. The molecule has 1 aliphatic rings. The van der Waals surface area contributed by atoms with Gasteiger partial charge in [0.2, 0.25) is 0 Å². The Hall–Kier alpha value is -0.600. The molecule has 4 heteroatoms. The van der Waals surface area contributed by atoms with Crippen LogP contribution in [0.2, 0.25) is 10.0 Å². The summed E-state index contributed by atoms with van der Waals surface area (Å²) >= 11 is 11.7. The van der Waals surface area contributed by atoms with Crippen LogP contribution >= 0.6 is 23.2 Å². The molecule has 0 aromatic heterocycles. The molecule has 0 heterocycles. The molecule has 0 saturated heterocycles. The average Bonchev–Trinajstić information content (AvgIpc) is 2.84. The van der Waals surface area contributed by atoms with Crippen LogP contribution in [0.5, 0.6) is 0 Å². The Morgan fingerprint density at radius 1 is 1.23 bits per heavy atom. The molecular weight excluding hydrogens is 207 g/mol. The Kier molecular flexibility index (Phi) is 2.26. The number of rotatable bonds is 2. The van der Waals surface area contributed by atoms with Crippen LogP contribution in [0.4, 0.5) is 11.4 Å². The highest BCUT2D eigenvalue weighted by atomic mass is 35.5. The van der Waals surface area contributed by atoms with E-state index in [4.69, 9.17) is 28.9 Å². The smallest absolute Gasteiger partial charge is 0.0614 e. The Morgan fingerprint density at radius 2 is 1.85 bits per heavy atom. The molecule has 1 aromatic carbocycles. The maximum atomic E-state index is 5.86. The first-order valence-corrected chi connectivity index (χ1v) is 4.93. The first-order chi connectivity index (χ1) is 6.16. The van der Waals surface area contributed by atoms with Crippen LogP contribution in [-0.2, 0) is 0 Å². The molecule has 2 rings (SSSR count). The summed E-state index contributed by atoms with van der Waals surface area (Å²) in [5.41, 5.74) is 7.30. The highest BCUT2D eigenvalue weighted by Gasteiger charge is 2.21. The fourth-order valence-electron chi connectivity index (χ4n) is 1.13. The molecule has 70 valence electrons. The summed E-state index contributed by atoms with van der Waals surface area (Å²) in [6.07, 6.45) is 2.42. The number of nitrogen functional groups attached to an aromatic ring is 1. The van der Waals surface area contributed by atoms with E-state index >= 15 is 0 Å². The number of anilines is 2. The van der Waals surface area contributed by atoms with Crippen molar-refractivity contribution in [2.75, 3.05) is 11.1 Å². The molecule has 3 N–H and O–H groups in total. The Balaban J connectivity index is 2.27. The molecule has 2 nitrogen and oxygen atoms in total. The summed E-state index contributed by atoms with van der Waals surface area (Å²) in [6, 6.07) is 4.02. The third-order valence-electron chi connectivity index (χ3n) is 2.03. The van der Waals surface area contributed by atoms with E-state index in [0.29, 0.717) is 21.8 Å². The minimum Gasteiger partial charge on any atom is -0.397 e. The first-order valence-electron chi connectivity index (χ1n) is 4.18. The average molecular weight is 217 g/mol. The van der Waals surface area contributed by atoms with Gasteiger partial charge in [-0.3, -0.25) is 0 Å². The van der Waals surface area contributed by atoms with Crippen molar-refractivity contribution in [3.05, 3.63) is 22.2 Å². The second kappa shape index (κ2) is 3.28. The van der Waals surface area contributed by atoms with Crippen LogP contribution in [-0.4, -0.2) is 6.04 Å². The molecule has 0 unspecified atom stereocenters. The lowest BCUT2D eigenvalue weighted by atomic mass is 10.2. The molecule has 1 aromatic rings. The van der Waals surface area contributed by atoms with Crippen molar-refractivity contribution in [3.8, 4) is 0 Å². The highest BCUT2D eigenvalue weighted by molar-refractivity contribution is 6.42. The van der Waals surface area contributed by atoms with E-state index in [1.807, 2.05) is 0 Å². The van der Waals surface area contributed by atoms with E-state index in [2.05, 4.69) is 5.32 Å². The van der Waals surface area contributed by atoms with Gasteiger partial charge in [-0.25, -0.2) is 0 Å². The maximum Gasteiger partial charge on any atom is 0.0614 e. The number of halogens is 2. The van der Waals surface area contributed by atoms with Crippen LogP contribution in [0, 0.1) is 0 Å². The molecule has 1 saturated carbocycles. The summed E-state index contributed by atoms with van der Waals surface area (Å²) < 4.78 is 0. The van der Waals surface area contributed by atoms with Crippen LogP contribution < -0.4 is 11.1 Å². The van der Waals surface area contributed by atoms with Crippen molar-refractivity contribution in [3.63, 3.8) is 0 Å². The Labute approximate surface area is 87.0 Å². The van der Waals surface area contributed by atoms with E-state index in [1.165, 1.54) is 12.8 Å². The number of benzene rings is 1. The van der Waals surface area contributed by atoms with Crippen molar-refractivity contribution in [1.82, 2.24) is 0 Å². The van der Waals surface area contributed by atoms with Gasteiger partial charge in [0.1, 0.15) is 0 Å². The summed E-state index contributed by atoms with van der Waals surface area (Å²) in [5, 5.41) is 4.33. The number of hydrogen-bond acceptors (Lipinski definition) is 2. The van der Waals surface area contributed by atoms with Crippen LogP contribution in [0.1, 0.15) is 12.8 Å². The molecule has 0 bridgehead atoms. The van der Waals surface area contributed by atoms with Gasteiger partial charge in [-0.15, -0.1) is 0 Å². The topological polar surface area (TPSA) is 38.0 Å². The summed E-state index contributed by atoms with van der Waals surface area (Å²) in [4.78, 5) is 0. The molecule has 0 aliphatic heterocycles. The number of nitrogens with two attached hydrogens (primary N) is 1. The Bertz CT molecular complexity index is 335. The van der Waals surface area contributed by atoms with Gasteiger partial charge in [0, 0.05) is 6.04 Å². The van der Waals surface area contributed by atoms with Gasteiger partial charge in [0.15, 0.2) is 0 Å². The van der Waals surface area contributed by atoms with E-state index in [0.717, 1.165) is 5.69 Å². The molecule has 0 atom stereocenters. The van der Waals surface area contributed by atoms with Crippen molar-refractivity contribution in [2.45, 2.75) is 18.9 Å². The molecule has 0 spiro atoms. The molecular formula is C9H10Cl2N2. The monoisotopic (exact) mass is 216 g/mol. The number of nitrogens with one attached hydrogen (secondary N) is 1. The zero-order valence-electron chi connectivity index (χ0n) is 6.98. The van der Waals surface area contributed by atoms with Gasteiger partial charge >= 0.3 is 0 Å². The van der Waals surface area contributed by atoms with E-state index in [1.54, 1.807) is 12.1 Å². The Morgan fingerprint density at radius 3 is 2.46 bits per heavy atom. The second-order valence-electron chi connectivity index (χ2n) is 3.27.